The van der Waals surface area contributed by atoms with Gasteiger partial charge in [0.1, 0.15) is 12.4 Å². The molecule has 0 aromatic heterocycles. The summed E-state index contributed by atoms with van der Waals surface area (Å²) in [6, 6.07) is 8.04. The first-order valence-electron chi connectivity index (χ1n) is 5.31. The molecule has 0 amide bonds. The van der Waals surface area contributed by atoms with Gasteiger partial charge in [-0.3, -0.25) is 0 Å². The molecule has 82 valence electrons. The summed E-state index contributed by atoms with van der Waals surface area (Å²) in [5.41, 5.74) is 1.27. The van der Waals surface area contributed by atoms with E-state index in [-0.39, 0.29) is 6.61 Å². The molecule has 3 nitrogen and oxygen atoms in total. The lowest BCUT2D eigenvalue weighted by Crippen LogP contribution is -2.03. The lowest BCUT2D eigenvalue weighted by molar-refractivity contribution is 0.193. The number of aliphatic hydroxyl groups is 1. The smallest absolute Gasteiger partial charge is 0.119 e. The molecule has 1 atom stereocenters. The van der Waals surface area contributed by atoms with Crippen molar-refractivity contribution in [3.8, 4) is 5.75 Å². The van der Waals surface area contributed by atoms with Crippen molar-refractivity contribution in [2.45, 2.75) is 12.3 Å². The Bertz CT molecular complexity index is 305. The summed E-state index contributed by atoms with van der Waals surface area (Å²) in [5.74, 6) is 1.33. The van der Waals surface area contributed by atoms with Crippen LogP contribution < -0.4 is 4.74 Å². The molecule has 1 aromatic carbocycles. The van der Waals surface area contributed by atoms with E-state index in [9.17, 15) is 0 Å². The van der Waals surface area contributed by atoms with E-state index in [2.05, 4.69) is 6.07 Å². The summed E-state index contributed by atoms with van der Waals surface area (Å²) in [5, 5.41) is 8.66. The third kappa shape index (κ3) is 2.70. The molecule has 1 heterocycles. The monoisotopic (exact) mass is 208 g/mol. The van der Waals surface area contributed by atoms with Crippen LogP contribution in [0.25, 0.3) is 0 Å². The highest BCUT2D eigenvalue weighted by Gasteiger charge is 2.17. The lowest BCUT2D eigenvalue weighted by atomic mass is 9.98. The van der Waals surface area contributed by atoms with Crippen LogP contribution >= 0.6 is 0 Å². The molecule has 1 N–H and O–H groups in total. The maximum Gasteiger partial charge on any atom is 0.119 e. The van der Waals surface area contributed by atoms with Gasteiger partial charge in [-0.2, -0.15) is 0 Å². The van der Waals surface area contributed by atoms with Crippen molar-refractivity contribution in [3.63, 3.8) is 0 Å². The molecule has 2 rings (SSSR count). The maximum atomic E-state index is 8.66. The summed E-state index contributed by atoms with van der Waals surface area (Å²) in [7, 11) is 0. The van der Waals surface area contributed by atoms with Crippen LogP contribution in [0, 0.1) is 0 Å². The summed E-state index contributed by atoms with van der Waals surface area (Å²) in [4.78, 5) is 0. The second-order valence-corrected chi connectivity index (χ2v) is 3.71. The average molecular weight is 208 g/mol. The largest absolute Gasteiger partial charge is 0.491 e. The molecule has 1 aromatic rings. The van der Waals surface area contributed by atoms with Crippen LogP contribution in [0.15, 0.2) is 24.3 Å². The molecule has 3 heteroatoms. The van der Waals surface area contributed by atoms with Gasteiger partial charge in [0.25, 0.3) is 0 Å². The minimum atomic E-state index is 0.0523. The highest BCUT2D eigenvalue weighted by Crippen LogP contribution is 2.27. The van der Waals surface area contributed by atoms with Crippen molar-refractivity contribution in [2.24, 2.45) is 0 Å². The third-order valence-corrected chi connectivity index (χ3v) is 2.62. The van der Waals surface area contributed by atoms with Gasteiger partial charge < -0.3 is 14.6 Å². The Kier molecular flexibility index (Phi) is 3.59. The van der Waals surface area contributed by atoms with E-state index in [1.165, 1.54) is 5.56 Å². The number of aliphatic hydroxyl groups excluding tert-OH is 1. The normalized spacial score (nSPS) is 20.5. The standard InChI is InChI=1S/C12H16O3/c13-5-7-15-12-3-1-2-10(8-12)11-4-6-14-9-11/h1-3,8,11,13H,4-7,9H2. The Labute approximate surface area is 89.6 Å². The van der Waals surface area contributed by atoms with Gasteiger partial charge in [-0.05, 0) is 24.1 Å². The number of ether oxygens (including phenoxy) is 2. The van der Waals surface area contributed by atoms with Crippen LogP contribution in [0.4, 0.5) is 0 Å². The lowest BCUT2D eigenvalue weighted by Gasteiger charge is -2.10. The molecule has 1 aliphatic heterocycles. The maximum absolute atomic E-state index is 8.66. The van der Waals surface area contributed by atoms with Crippen molar-refractivity contribution in [1.29, 1.82) is 0 Å². The minimum absolute atomic E-state index is 0.0523. The second kappa shape index (κ2) is 5.14. The molecule has 0 aliphatic carbocycles. The fraction of sp³-hybridized carbons (Fsp3) is 0.500. The van der Waals surface area contributed by atoms with E-state index < -0.39 is 0 Å². The molecule has 0 bridgehead atoms. The Balaban J connectivity index is 2.04. The molecule has 1 fully saturated rings. The van der Waals surface area contributed by atoms with Gasteiger partial charge in [0.15, 0.2) is 0 Å². The quantitative estimate of drug-likeness (QED) is 0.816. The summed E-state index contributed by atoms with van der Waals surface area (Å²) < 4.78 is 10.7. The highest BCUT2D eigenvalue weighted by atomic mass is 16.5. The fourth-order valence-electron chi connectivity index (χ4n) is 1.82. The Morgan fingerprint density at radius 2 is 2.40 bits per heavy atom. The molecule has 0 saturated carbocycles. The zero-order valence-corrected chi connectivity index (χ0v) is 8.69. The first-order chi connectivity index (χ1) is 7.40. The van der Waals surface area contributed by atoms with Crippen LogP contribution in [0.2, 0.25) is 0 Å². The van der Waals surface area contributed by atoms with Crippen molar-refractivity contribution >= 4 is 0 Å². The fourth-order valence-corrected chi connectivity index (χ4v) is 1.82. The summed E-state index contributed by atoms with van der Waals surface area (Å²) in [6.07, 6.45) is 1.09. The second-order valence-electron chi connectivity index (χ2n) is 3.71. The predicted octanol–water partition coefficient (Wildman–Crippen LogP) is 1.56. The average Bonchev–Trinajstić information content (AvgIpc) is 2.80. The van der Waals surface area contributed by atoms with Gasteiger partial charge in [0, 0.05) is 12.5 Å². The van der Waals surface area contributed by atoms with Gasteiger partial charge >= 0.3 is 0 Å². The SMILES string of the molecule is OCCOc1cccc(C2CCOC2)c1. The van der Waals surface area contributed by atoms with Gasteiger partial charge in [0.05, 0.1) is 13.2 Å². The summed E-state index contributed by atoms with van der Waals surface area (Å²) in [6.45, 7) is 2.07. The zero-order chi connectivity index (χ0) is 10.5. The molecule has 1 saturated heterocycles. The molecule has 0 spiro atoms. The van der Waals surface area contributed by atoms with Crippen molar-refractivity contribution in [1.82, 2.24) is 0 Å². The van der Waals surface area contributed by atoms with Gasteiger partial charge in [0.2, 0.25) is 0 Å². The molecule has 1 unspecified atom stereocenters. The third-order valence-electron chi connectivity index (χ3n) is 2.62. The van der Waals surface area contributed by atoms with Crippen LogP contribution in [0.5, 0.6) is 5.75 Å². The number of rotatable bonds is 4. The number of hydrogen-bond donors (Lipinski definition) is 1. The molecular weight excluding hydrogens is 192 g/mol. The number of hydrogen-bond acceptors (Lipinski definition) is 3. The molecular formula is C12H16O3. The van der Waals surface area contributed by atoms with Crippen LogP contribution in [-0.2, 0) is 4.74 Å². The van der Waals surface area contributed by atoms with Gasteiger partial charge in [-0.15, -0.1) is 0 Å². The van der Waals surface area contributed by atoms with Crippen LogP contribution in [0.3, 0.4) is 0 Å². The van der Waals surface area contributed by atoms with Crippen molar-refractivity contribution < 1.29 is 14.6 Å². The van der Waals surface area contributed by atoms with E-state index in [1.807, 2.05) is 18.2 Å². The van der Waals surface area contributed by atoms with E-state index in [0.717, 1.165) is 25.4 Å². The Morgan fingerprint density at radius 1 is 1.47 bits per heavy atom. The van der Waals surface area contributed by atoms with E-state index >= 15 is 0 Å². The first kappa shape index (κ1) is 10.5. The van der Waals surface area contributed by atoms with Gasteiger partial charge in [-0.25, -0.2) is 0 Å². The molecule has 1 aliphatic rings. The van der Waals surface area contributed by atoms with Crippen LogP contribution in [0.1, 0.15) is 17.9 Å². The van der Waals surface area contributed by atoms with Crippen molar-refractivity contribution in [3.05, 3.63) is 29.8 Å². The van der Waals surface area contributed by atoms with Gasteiger partial charge in [-0.1, -0.05) is 12.1 Å². The van der Waals surface area contributed by atoms with E-state index in [4.69, 9.17) is 14.6 Å². The Morgan fingerprint density at radius 3 is 3.13 bits per heavy atom. The highest BCUT2D eigenvalue weighted by molar-refractivity contribution is 5.31. The van der Waals surface area contributed by atoms with E-state index in [1.54, 1.807) is 0 Å². The molecule has 0 radical (unpaired) electrons. The minimum Gasteiger partial charge on any atom is -0.491 e. The topological polar surface area (TPSA) is 38.7 Å². The predicted molar refractivity (Wildman–Crippen MR) is 57.2 cm³/mol. The van der Waals surface area contributed by atoms with Crippen LogP contribution in [-0.4, -0.2) is 31.5 Å². The zero-order valence-electron chi connectivity index (χ0n) is 8.69. The number of benzene rings is 1. The Hall–Kier alpha value is -1.06. The van der Waals surface area contributed by atoms with Crippen molar-refractivity contribution in [2.75, 3.05) is 26.4 Å². The first-order valence-corrected chi connectivity index (χ1v) is 5.31. The van der Waals surface area contributed by atoms with E-state index in [0.29, 0.717) is 12.5 Å². The molecule has 15 heavy (non-hydrogen) atoms. The summed E-state index contributed by atoms with van der Waals surface area (Å²) >= 11 is 0.